The Hall–Kier alpha value is -2.32. The van der Waals surface area contributed by atoms with E-state index in [1.54, 1.807) is 32.5 Å². The molecule has 0 radical (unpaired) electrons. The van der Waals surface area contributed by atoms with Crippen molar-refractivity contribution >= 4 is 45.9 Å². The number of rotatable bonds is 10. The molecule has 0 saturated heterocycles. The second-order valence-electron chi connectivity index (χ2n) is 6.51. The van der Waals surface area contributed by atoms with Crippen molar-refractivity contribution in [3.8, 4) is 0 Å². The van der Waals surface area contributed by atoms with Crippen LogP contribution in [0.2, 0.25) is 0 Å². The van der Waals surface area contributed by atoms with Crippen LogP contribution < -0.4 is 5.32 Å². The zero-order chi connectivity index (χ0) is 22.1. The number of ether oxygens (including phenoxy) is 2. The Morgan fingerprint density at radius 3 is 2.27 bits per heavy atom. The van der Waals surface area contributed by atoms with E-state index in [0.29, 0.717) is 28.3 Å². The third kappa shape index (κ3) is 6.60. The summed E-state index contributed by atoms with van der Waals surface area (Å²) in [6.07, 6.45) is 1.00. The van der Waals surface area contributed by atoms with E-state index in [1.807, 2.05) is 6.92 Å². The van der Waals surface area contributed by atoms with Crippen LogP contribution >= 0.6 is 23.1 Å². The summed E-state index contributed by atoms with van der Waals surface area (Å²) in [6.45, 7) is 7.55. The van der Waals surface area contributed by atoms with Gasteiger partial charge in [0.05, 0.1) is 18.8 Å². The zero-order valence-corrected chi connectivity index (χ0v) is 19.3. The van der Waals surface area contributed by atoms with Gasteiger partial charge in [0.15, 0.2) is 0 Å². The van der Waals surface area contributed by atoms with Crippen molar-refractivity contribution in [3.05, 3.63) is 45.8 Å². The molecule has 0 fully saturated rings. The molecule has 8 heteroatoms. The predicted octanol–water partition coefficient (Wildman–Crippen LogP) is 5.23. The third-order valence-electron chi connectivity index (χ3n) is 4.18. The van der Waals surface area contributed by atoms with Crippen LogP contribution in [0.15, 0.2) is 29.2 Å². The zero-order valence-electron chi connectivity index (χ0n) is 17.7. The Kier molecular flexibility index (Phi) is 9.39. The van der Waals surface area contributed by atoms with Crippen LogP contribution in [0.4, 0.5) is 5.00 Å². The lowest BCUT2D eigenvalue weighted by Gasteiger charge is -2.07. The van der Waals surface area contributed by atoms with Crippen LogP contribution in [0.25, 0.3) is 0 Å². The Morgan fingerprint density at radius 2 is 1.63 bits per heavy atom. The average Bonchev–Trinajstić information content (AvgIpc) is 3.03. The fourth-order valence-electron chi connectivity index (χ4n) is 2.69. The smallest absolute Gasteiger partial charge is 0.348 e. The number of aryl methyl sites for hydroxylation is 1. The fraction of sp³-hybridized carbons (Fsp3) is 0.409. The molecule has 0 atom stereocenters. The van der Waals surface area contributed by atoms with Gasteiger partial charge in [-0.1, -0.05) is 17.7 Å². The summed E-state index contributed by atoms with van der Waals surface area (Å²) in [4.78, 5) is 38.5. The van der Waals surface area contributed by atoms with Gasteiger partial charge in [-0.05, 0) is 57.6 Å². The molecule has 0 saturated carbocycles. The molecule has 1 amide bonds. The van der Waals surface area contributed by atoms with Gasteiger partial charge in [-0.25, -0.2) is 9.59 Å². The molecular formula is C22H27NO5S2. The Labute approximate surface area is 185 Å². The molecule has 0 aliphatic heterocycles. The van der Waals surface area contributed by atoms with E-state index < -0.39 is 11.9 Å². The molecule has 1 N–H and O–H groups in total. The van der Waals surface area contributed by atoms with Gasteiger partial charge < -0.3 is 14.8 Å². The maximum absolute atomic E-state index is 12.4. The quantitative estimate of drug-likeness (QED) is 0.304. The molecule has 2 rings (SSSR count). The van der Waals surface area contributed by atoms with Crippen LogP contribution in [0.1, 0.15) is 57.8 Å². The minimum Gasteiger partial charge on any atom is -0.462 e. The summed E-state index contributed by atoms with van der Waals surface area (Å²) in [5, 5.41) is 3.10. The molecule has 162 valence electrons. The van der Waals surface area contributed by atoms with Crippen molar-refractivity contribution in [1.29, 1.82) is 0 Å². The maximum atomic E-state index is 12.4. The molecule has 1 heterocycles. The molecule has 0 spiro atoms. The Morgan fingerprint density at radius 1 is 1.00 bits per heavy atom. The largest absolute Gasteiger partial charge is 0.462 e. The second-order valence-corrected chi connectivity index (χ2v) is 8.70. The van der Waals surface area contributed by atoms with Gasteiger partial charge >= 0.3 is 11.9 Å². The maximum Gasteiger partial charge on any atom is 0.348 e. The number of hydrogen-bond donors (Lipinski definition) is 1. The summed E-state index contributed by atoms with van der Waals surface area (Å²) in [5.41, 5.74) is 1.89. The average molecular weight is 450 g/mol. The molecule has 1 aromatic carbocycles. The number of nitrogens with one attached hydrogen (secondary N) is 1. The van der Waals surface area contributed by atoms with Crippen LogP contribution in [0.3, 0.4) is 0 Å². The number of thioether (sulfide) groups is 1. The molecule has 2 aromatic rings. The molecule has 6 nitrogen and oxygen atoms in total. The normalized spacial score (nSPS) is 10.5. The summed E-state index contributed by atoms with van der Waals surface area (Å²) < 4.78 is 10.2. The number of benzene rings is 1. The number of hydrogen-bond acceptors (Lipinski definition) is 7. The molecular weight excluding hydrogens is 422 g/mol. The number of esters is 2. The third-order valence-corrected chi connectivity index (χ3v) is 6.46. The van der Waals surface area contributed by atoms with Gasteiger partial charge in [-0.2, -0.15) is 0 Å². The van der Waals surface area contributed by atoms with Crippen molar-refractivity contribution in [1.82, 2.24) is 0 Å². The van der Waals surface area contributed by atoms with Crippen molar-refractivity contribution in [2.75, 3.05) is 24.3 Å². The van der Waals surface area contributed by atoms with Crippen LogP contribution in [-0.4, -0.2) is 36.8 Å². The van der Waals surface area contributed by atoms with E-state index in [4.69, 9.17) is 9.47 Å². The number of thiophene rings is 1. The lowest BCUT2D eigenvalue weighted by atomic mass is 10.1. The van der Waals surface area contributed by atoms with Gasteiger partial charge in [0.1, 0.15) is 9.88 Å². The number of carbonyl (C=O) groups is 3. The van der Waals surface area contributed by atoms with E-state index in [9.17, 15) is 14.4 Å². The number of carbonyl (C=O) groups excluding carboxylic acids is 3. The summed E-state index contributed by atoms with van der Waals surface area (Å²) in [6, 6.07) is 8.26. The number of amides is 1. The summed E-state index contributed by atoms with van der Waals surface area (Å²) in [5.74, 6) is -0.479. The van der Waals surface area contributed by atoms with E-state index in [0.717, 1.165) is 17.1 Å². The Bertz CT molecular complexity index is 890. The topological polar surface area (TPSA) is 81.7 Å². The highest BCUT2D eigenvalue weighted by molar-refractivity contribution is 7.99. The van der Waals surface area contributed by atoms with Crippen LogP contribution in [-0.2, 0) is 14.3 Å². The minimum atomic E-state index is -0.563. The Balaban J connectivity index is 2.01. The fourth-order valence-corrected chi connectivity index (χ4v) is 4.65. The van der Waals surface area contributed by atoms with Crippen molar-refractivity contribution < 1.29 is 23.9 Å². The van der Waals surface area contributed by atoms with E-state index in [2.05, 4.69) is 29.6 Å². The summed E-state index contributed by atoms with van der Waals surface area (Å²) in [7, 11) is 0. The van der Waals surface area contributed by atoms with Gasteiger partial charge in [-0.15, -0.1) is 23.1 Å². The second kappa shape index (κ2) is 11.8. The number of anilines is 1. The highest BCUT2D eigenvalue weighted by Crippen LogP contribution is 2.34. The molecule has 0 aliphatic rings. The minimum absolute atomic E-state index is 0.201. The van der Waals surface area contributed by atoms with E-state index in [1.165, 1.54) is 10.5 Å². The standard InChI is InChI=1S/C22H27NO5S2/c1-5-27-21(25)18-15(4)19(22(26)28-6-2)30-20(18)23-17(24)8-7-13-29-16-11-9-14(3)10-12-16/h9-12H,5-8,13H2,1-4H3,(H,23,24). The van der Waals surface area contributed by atoms with Crippen LogP contribution in [0.5, 0.6) is 0 Å². The SMILES string of the molecule is CCOC(=O)c1sc(NC(=O)CCCSc2ccc(C)cc2)c(C(=O)OCC)c1C. The van der Waals surface area contributed by atoms with Gasteiger partial charge in [0.2, 0.25) is 5.91 Å². The first kappa shape index (κ1) is 24.0. The van der Waals surface area contributed by atoms with E-state index >= 15 is 0 Å². The van der Waals surface area contributed by atoms with Gasteiger partial charge in [-0.3, -0.25) is 4.79 Å². The highest BCUT2D eigenvalue weighted by Gasteiger charge is 2.27. The first-order valence-corrected chi connectivity index (χ1v) is 11.6. The first-order chi connectivity index (χ1) is 14.4. The highest BCUT2D eigenvalue weighted by atomic mass is 32.2. The summed E-state index contributed by atoms with van der Waals surface area (Å²) >= 11 is 2.74. The van der Waals surface area contributed by atoms with Crippen molar-refractivity contribution in [3.63, 3.8) is 0 Å². The van der Waals surface area contributed by atoms with Crippen molar-refractivity contribution in [2.45, 2.75) is 45.4 Å². The molecule has 30 heavy (non-hydrogen) atoms. The van der Waals surface area contributed by atoms with E-state index in [-0.39, 0.29) is 24.7 Å². The predicted molar refractivity (Wildman–Crippen MR) is 121 cm³/mol. The molecule has 0 aliphatic carbocycles. The monoisotopic (exact) mass is 449 g/mol. The van der Waals surface area contributed by atoms with Crippen LogP contribution in [0, 0.1) is 13.8 Å². The van der Waals surface area contributed by atoms with Gasteiger partial charge in [0.25, 0.3) is 0 Å². The lowest BCUT2D eigenvalue weighted by molar-refractivity contribution is -0.116. The molecule has 0 bridgehead atoms. The first-order valence-electron chi connectivity index (χ1n) is 9.84. The van der Waals surface area contributed by atoms with Crippen molar-refractivity contribution in [2.24, 2.45) is 0 Å². The molecule has 0 unspecified atom stereocenters. The molecule has 1 aromatic heterocycles. The van der Waals surface area contributed by atoms with Gasteiger partial charge in [0, 0.05) is 11.3 Å². The lowest BCUT2D eigenvalue weighted by Crippen LogP contribution is -2.14.